The Hall–Kier alpha value is 0.360. The van der Waals surface area contributed by atoms with Gasteiger partial charge in [0.15, 0.2) is 0 Å². The lowest BCUT2D eigenvalue weighted by Gasteiger charge is -2.35. The van der Waals surface area contributed by atoms with E-state index < -0.39 is 0 Å². The normalized spacial score (nSPS) is 19.8. The molecule has 0 spiro atoms. The third-order valence-electron chi connectivity index (χ3n) is 3.07. The van der Waals surface area contributed by atoms with Gasteiger partial charge in [-0.25, -0.2) is 0 Å². The first-order valence-electron chi connectivity index (χ1n) is 6.48. The predicted molar refractivity (Wildman–Crippen MR) is 72.8 cm³/mol. The summed E-state index contributed by atoms with van der Waals surface area (Å²) in [6.45, 7) is 9.06. The van der Waals surface area contributed by atoms with Crippen LogP contribution in [-0.4, -0.2) is 45.0 Å². The molecule has 0 bridgehead atoms. The van der Waals surface area contributed by atoms with E-state index in [-0.39, 0.29) is 5.41 Å². The van der Waals surface area contributed by atoms with E-state index >= 15 is 0 Å². The van der Waals surface area contributed by atoms with Gasteiger partial charge in [-0.15, -0.1) is 0 Å². The summed E-state index contributed by atoms with van der Waals surface area (Å²) in [4.78, 5) is 0. The molecule has 0 aliphatic carbocycles. The maximum atomic E-state index is 5.74. The Morgan fingerprint density at radius 3 is 2.41 bits per heavy atom. The highest BCUT2D eigenvalue weighted by Gasteiger charge is 2.31. The molecule has 1 aliphatic heterocycles. The second-order valence-electron chi connectivity index (χ2n) is 5.27. The topological polar surface area (TPSA) is 27.7 Å². The van der Waals surface area contributed by atoms with Gasteiger partial charge in [-0.1, -0.05) is 29.8 Å². The Balaban J connectivity index is 2.07. The van der Waals surface area contributed by atoms with E-state index in [2.05, 4.69) is 29.8 Å². The van der Waals surface area contributed by atoms with Crippen LogP contribution in [0.4, 0.5) is 0 Å². The average molecular weight is 309 g/mol. The van der Waals surface area contributed by atoms with Crippen LogP contribution in [-0.2, 0) is 14.2 Å². The van der Waals surface area contributed by atoms with Crippen molar-refractivity contribution in [1.29, 1.82) is 0 Å². The van der Waals surface area contributed by atoms with E-state index in [0.717, 1.165) is 44.6 Å². The highest BCUT2D eigenvalue weighted by molar-refractivity contribution is 9.09. The summed E-state index contributed by atoms with van der Waals surface area (Å²) in [5.41, 5.74) is 0.274. The van der Waals surface area contributed by atoms with Gasteiger partial charge >= 0.3 is 0 Å². The number of ether oxygens (including phenoxy) is 3. The molecule has 3 nitrogen and oxygen atoms in total. The zero-order chi connectivity index (χ0) is 12.6. The van der Waals surface area contributed by atoms with E-state index in [9.17, 15) is 0 Å². The van der Waals surface area contributed by atoms with Crippen LogP contribution in [0.15, 0.2) is 0 Å². The molecule has 1 saturated heterocycles. The Morgan fingerprint density at radius 1 is 1.18 bits per heavy atom. The molecule has 0 unspecified atom stereocenters. The third kappa shape index (κ3) is 6.18. The molecule has 0 radical (unpaired) electrons. The smallest absolute Gasteiger partial charge is 0.0700 e. The molecule has 0 atom stereocenters. The summed E-state index contributed by atoms with van der Waals surface area (Å²) in [6, 6.07) is 0. The van der Waals surface area contributed by atoms with Crippen molar-refractivity contribution in [3.8, 4) is 0 Å². The Bertz CT molecular complexity index is 191. The monoisotopic (exact) mass is 308 g/mol. The van der Waals surface area contributed by atoms with Crippen LogP contribution in [0.1, 0.15) is 26.7 Å². The fraction of sp³-hybridized carbons (Fsp3) is 1.00. The van der Waals surface area contributed by atoms with E-state index in [4.69, 9.17) is 14.2 Å². The number of hydrogen-bond acceptors (Lipinski definition) is 3. The SMILES string of the molecule is CC(C)COCCOCC1(CBr)CCOCC1. The maximum Gasteiger partial charge on any atom is 0.0700 e. The van der Waals surface area contributed by atoms with Crippen LogP contribution >= 0.6 is 15.9 Å². The first kappa shape index (κ1) is 15.4. The highest BCUT2D eigenvalue weighted by Crippen LogP contribution is 2.32. The fourth-order valence-corrected chi connectivity index (χ4v) is 2.57. The van der Waals surface area contributed by atoms with Gasteiger partial charge in [0.25, 0.3) is 0 Å². The van der Waals surface area contributed by atoms with Crippen molar-refractivity contribution in [3.63, 3.8) is 0 Å². The zero-order valence-electron chi connectivity index (χ0n) is 11.0. The molecular formula is C13H25BrO3. The molecule has 0 aromatic heterocycles. The standard InChI is InChI=1S/C13H25BrO3/c1-12(2)9-16-7-8-17-11-13(10-14)3-5-15-6-4-13/h12H,3-11H2,1-2H3. The Kier molecular flexibility index (Phi) is 7.67. The van der Waals surface area contributed by atoms with Crippen molar-refractivity contribution in [2.45, 2.75) is 26.7 Å². The van der Waals surface area contributed by atoms with Gasteiger partial charge < -0.3 is 14.2 Å². The molecule has 0 saturated carbocycles. The molecule has 0 amide bonds. The lowest BCUT2D eigenvalue weighted by atomic mass is 9.83. The summed E-state index contributed by atoms with van der Waals surface area (Å²) in [5, 5.41) is 0.996. The first-order valence-corrected chi connectivity index (χ1v) is 7.60. The van der Waals surface area contributed by atoms with Crippen molar-refractivity contribution < 1.29 is 14.2 Å². The van der Waals surface area contributed by atoms with Crippen molar-refractivity contribution in [2.75, 3.05) is 45.0 Å². The molecule has 1 rings (SSSR count). The highest BCUT2D eigenvalue weighted by atomic mass is 79.9. The van der Waals surface area contributed by atoms with Crippen molar-refractivity contribution >= 4 is 15.9 Å². The van der Waals surface area contributed by atoms with Gasteiger partial charge in [-0.05, 0) is 18.8 Å². The summed E-state index contributed by atoms with van der Waals surface area (Å²) < 4.78 is 16.6. The summed E-state index contributed by atoms with van der Waals surface area (Å²) >= 11 is 3.60. The molecular weight excluding hydrogens is 284 g/mol. The number of halogens is 1. The van der Waals surface area contributed by atoms with Gasteiger partial charge in [0, 0.05) is 30.6 Å². The van der Waals surface area contributed by atoms with Crippen LogP contribution in [0, 0.1) is 11.3 Å². The molecule has 17 heavy (non-hydrogen) atoms. The minimum Gasteiger partial charge on any atom is -0.381 e. The largest absolute Gasteiger partial charge is 0.381 e. The Morgan fingerprint density at radius 2 is 1.82 bits per heavy atom. The number of rotatable bonds is 8. The predicted octanol–water partition coefficient (Wildman–Crippen LogP) is 2.87. The molecule has 1 fully saturated rings. The van der Waals surface area contributed by atoms with Gasteiger partial charge in [0.2, 0.25) is 0 Å². The van der Waals surface area contributed by atoms with Gasteiger partial charge in [-0.2, -0.15) is 0 Å². The quantitative estimate of drug-likeness (QED) is 0.510. The van der Waals surface area contributed by atoms with E-state index in [1.54, 1.807) is 0 Å². The number of hydrogen-bond donors (Lipinski definition) is 0. The van der Waals surface area contributed by atoms with Crippen molar-refractivity contribution in [3.05, 3.63) is 0 Å². The van der Waals surface area contributed by atoms with E-state index in [1.165, 1.54) is 0 Å². The molecule has 102 valence electrons. The van der Waals surface area contributed by atoms with Gasteiger partial charge in [0.05, 0.1) is 19.8 Å². The molecule has 1 aliphatic rings. The summed E-state index contributed by atoms with van der Waals surface area (Å²) in [5.74, 6) is 0.597. The summed E-state index contributed by atoms with van der Waals surface area (Å²) in [7, 11) is 0. The van der Waals surface area contributed by atoms with Crippen LogP contribution < -0.4 is 0 Å². The second kappa shape index (κ2) is 8.46. The van der Waals surface area contributed by atoms with Gasteiger partial charge in [0.1, 0.15) is 0 Å². The van der Waals surface area contributed by atoms with Crippen molar-refractivity contribution in [1.82, 2.24) is 0 Å². The Labute approximate surface area is 113 Å². The molecule has 0 aromatic rings. The van der Waals surface area contributed by atoms with Crippen LogP contribution in [0.3, 0.4) is 0 Å². The van der Waals surface area contributed by atoms with Crippen LogP contribution in [0.5, 0.6) is 0 Å². The fourth-order valence-electron chi connectivity index (χ4n) is 1.85. The second-order valence-corrected chi connectivity index (χ2v) is 5.83. The van der Waals surface area contributed by atoms with Crippen molar-refractivity contribution in [2.24, 2.45) is 11.3 Å². The van der Waals surface area contributed by atoms with E-state index in [1.807, 2.05) is 0 Å². The zero-order valence-corrected chi connectivity index (χ0v) is 12.6. The van der Waals surface area contributed by atoms with Crippen LogP contribution in [0.25, 0.3) is 0 Å². The lowest BCUT2D eigenvalue weighted by molar-refractivity contribution is -0.0404. The first-order chi connectivity index (χ1) is 8.18. The van der Waals surface area contributed by atoms with Crippen LogP contribution in [0.2, 0.25) is 0 Å². The summed E-state index contributed by atoms with van der Waals surface area (Å²) in [6.07, 6.45) is 2.18. The van der Waals surface area contributed by atoms with Gasteiger partial charge in [-0.3, -0.25) is 0 Å². The molecule has 0 N–H and O–H groups in total. The lowest BCUT2D eigenvalue weighted by Crippen LogP contribution is -2.36. The third-order valence-corrected chi connectivity index (χ3v) is 4.26. The van der Waals surface area contributed by atoms with E-state index in [0.29, 0.717) is 19.1 Å². The molecule has 4 heteroatoms. The maximum absolute atomic E-state index is 5.74. The minimum atomic E-state index is 0.274. The molecule has 1 heterocycles. The molecule has 0 aromatic carbocycles. The number of alkyl halides is 1. The minimum absolute atomic E-state index is 0.274. The average Bonchev–Trinajstić information content (AvgIpc) is 2.34.